The van der Waals surface area contributed by atoms with E-state index in [2.05, 4.69) is 12.0 Å². The molecule has 0 fully saturated rings. The largest absolute Gasteiger partial charge is 0.394 e. The average Bonchev–Trinajstić information content (AvgIpc) is 2.03. The average molecular weight is 202 g/mol. The number of aliphatic hydroxyl groups is 2. The predicted octanol–water partition coefficient (Wildman–Crippen LogP) is 0.147. The van der Waals surface area contributed by atoms with Gasteiger partial charge < -0.3 is 10.2 Å². The van der Waals surface area contributed by atoms with Gasteiger partial charge in [0.25, 0.3) is 0 Å². The van der Waals surface area contributed by atoms with E-state index in [4.69, 9.17) is 10.2 Å². The van der Waals surface area contributed by atoms with E-state index in [0.717, 1.165) is 24.6 Å². The van der Waals surface area contributed by atoms with Crippen LogP contribution in [0.4, 0.5) is 0 Å². The first-order valence-corrected chi connectivity index (χ1v) is 4.21. The Morgan fingerprint density at radius 3 is 1.73 bits per heavy atom. The Balaban J connectivity index is 2.69. The topological polar surface area (TPSA) is 68.2 Å². The Labute approximate surface area is 73.8 Å². The lowest BCUT2D eigenvalue weighted by Gasteiger charge is -1.98. The van der Waals surface area contributed by atoms with Crippen LogP contribution in [0.25, 0.3) is 0 Å². The van der Waals surface area contributed by atoms with E-state index in [0.29, 0.717) is 0 Å². The molecule has 2 N–H and O–H groups in total. The summed E-state index contributed by atoms with van der Waals surface area (Å²) in [4.78, 5) is 0. The van der Waals surface area contributed by atoms with Crippen molar-refractivity contribution in [3.8, 4) is 0 Å². The second-order valence-corrected chi connectivity index (χ2v) is 2.58. The van der Waals surface area contributed by atoms with E-state index in [1.54, 1.807) is 0 Å². The Hall–Kier alpha value is 0.500. The van der Waals surface area contributed by atoms with Crippen LogP contribution in [0.2, 0.25) is 0 Å². The van der Waals surface area contributed by atoms with E-state index in [9.17, 15) is 0 Å². The molecule has 0 atom stereocenters. The fourth-order valence-electron chi connectivity index (χ4n) is 0.193. The molecule has 0 amide bonds. The number of hydrogen-bond donors (Lipinski definition) is 2. The Morgan fingerprint density at radius 2 is 1.36 bits per heavy atom. The number of rotatable bonds is 8. The molecule has 0 bridgehead atoms. The van der Waals surface area contributed by atoms with Gasteiger partial charge >= 0.3 is 0 Å². The molecule has 0 saturated carbocycles. The maximum Gasteiger partial charge on any atom is 0.173 e. The van der Waals surface area contributed by atoms with E-state index in [1.807, 2.05) is 0 Å². The van der Waals surface area contributed by atoms with Crippen LogP contribution in [0, 0.1) is 0 Å². The third-order valence-corrected chi connectivity index (χ3v) is 1.47. The smallest absolute Gasteiger partial charge is 0.173 e. The van der Waals surface area contributed by atoms with Crippen LogP contribution >= 0.6 is 24.6 Å². The van der Waals surface area contributed by atoms with Crippen molar-refractivity contribution < 1.29 is 22.2 Å². The summed E-state index contributed by atoms with van der Waals surface area (Å²) >= 11 is 1.45. The maximum absolute atomic E-state index is 8.24. The van der Waals surface area contributed by atoms with Crippen molar-refractivity contribution in [1.29, 1.82) is 0 Å². The van der Waals surface area contributed by atoms with Gasteiger partial charge in [-0.25, -0.2) is 0 Å². The molecule has 0 saturated heterocycles. The van der Waals surface area contributed by atoms with E-state index >= 15 is 0 Å². The molecule has 0 aromatic heterocycles. The minimum absolute atomic E-state index is 0.0431. The van der Waals surface area contributed by atoms with Crippen molar-refractivity contribution in [3.63, 3.8) is 0 Å². The lowest BCUT2D eigenvalue weighted by Crippen LogP contribution is -1.93. The van der Waals surface area contributed by atoms with Gasteiger partial charge in [-0.15, -0.1) is 0 Å². The highest BCUT2D eigenvalue weighted by molar-refractivity contribution is 8.03. The summed E-state index contributed by atoms with van der Waals surface area (Å²) in [5.74, 6) is 0. The molecule has 0 aliphatic rings. The first-order chi connectivity index (χ1) is 5.41. The normalized spacial score (nSPS) is 10.4. The summed E-state index contributed by atoms with van der Waals surface area (Å²) in [6, 6.07) is 0. The highest BCUT2D eigenvalue weighted by Gasteiger charge is 1.91. The van der Waals surface area contributed by atoms with Crippen molar-refractivity contribution in [3.05, 3.63) is 0 Å². The zero-order valence-electron chi connectivity index (χ0n) is 5.76. The SMILES string of the molecule is OCCOSOSOCCO. The van der Waals surface area contributed by atoms with Gasteiger partial charge in [0.05, 0.1) is 26.4 Å². The van der Waals surface area contributed by atoms with Gasteiger partial charge in [0.2, 0.25) is 0 Å². The van der Waals surface area contributed by atoms with Crippen molar-refractivity contribution in [2.45, 2.75) is 0 Å². The van der Waals surface area contributed by atoms with Crippen molar-refractivity contribution >= 4 is 24.6 Å². The molecule has 0 aromatic carbocycles. The third kappa shape index (κ3) is 10.5. The molecular formula is C4H10O5S2. The quantitative estimate of drug-likeness (QED) is 0.429. The maximum atomic E-state index is 8.24. The van der Waals surface area contributed by atoms with Gasteiger partial charge in [-0.1, -0.05) is 0 Å². The van der Waals surface area contributed by atoms with Gasteiger partial charge in [-0.2, -0.15) is 3.63 Å². The zero-order valence-corrected chi connectivity index (χ0v) is 7.40. The molecule has 0 aliphatic heterocycles. The van der Waals surface area contributed by atoms with Crippen LogP contribution in [-0.4, -0.2) is 36.6 Å². The van der Waals surface area contributed by atoms with E-state index < -0.39 is 0 Å². The van der Waals surface area contributed by atoms with Crippen LogP contribution in [0.5, 0.6) is 0 Å². The van der Waals surface area contributed by atoms with Crippen molar-refractivity contribution in [2.24, 2.45) is 0 Å². The lowest BCUT2D eigenvalue weighted by molar-refractivity contribution is 0.207. The zero-order chi connectivity index (χ0) is 8.36. The summed E-state index contributed by atoms with van der Waals surface area (Å²) < 4.78 is 13.9. The summed E-state index contributed by atoms with van der Waals surface area (Å²) in [7, 11) is 0. The summed E-state index contributed by atoms with van der Waals surface area (Å²) in [6.45, 7) is 0.341. The lowest BCUT2D eigenvalue weighted by atomic mass is 10.8. The highest BCUT2D eigenvalue weighted by atomic mass is 32.3. The Kier molecular flexibility index (Phi) is 11.0. The van der Waals surface area contributed by atoms with Crippen molar-refractivity contribution in [2.75, 3.05) is 26.4 Å². The van der Waals surface area contributed by atoms with Crippen LogP contribution in [-0.2, 0) is 12.0 Å². The predicted molar refractivity (Wildman–Crippen MR) is 42.3 cm³/mol. The van der Waals surface area contributed by atoms with Crippen LogP contribution in [0.1, 0.15) is 0 Å². The van der Waals surface area contributed by atoms with E-state index in [-0.39, 0.29) is 26.4 Å². The molecule has 0 aliphatic carbocycles. The van der Waals surface area contributed by atoms with Crippen LogP contribution in [0.15, 0.2) is 0 Å². The molecule has 0 unspecified atom stereocenters. The van der Waals surface area contributed by atoms with Gasteiger partial charge in [0.1, 0.15) is 0 Å². The first-order valence-electron chi connectivity index (χ1n) is 2.88. The number of hydrogen-bond acceptors (Lipinski definition) is 7. The fraction of sp³-hybridized carbons (Fsp3) is 1.00. The molecule has 0 heterocycles. The monoisotopic (exact) mass is 202 g/mol. The third-order valence-electron chi connectivity index (χ3n) is 0.501. The molecule has 0 rings (SSSR count). The molecule has 68 valence electrons. The van der Waals surface area contributed by atoms with Crippen LogP contribution < -0.4 is 0 Å². The Morgan fingerprint density at radius 1 is 0.909 bits per heavy atom. The number of aliphatic hydroxyl groups excluding tert-OH is 2. The molecule has 0 aromatic rings. The minimum atomic E-state index is -0.0431. The summed E-state index contributed by atoms with van der Waals surface area (Å²) in [5, 5.41) is 16.5. The minimum Gasteiger partial charge on any atom is -0.394 e. The molecular weight excluding hydrogens is 192 g/mol. The summed E-state index contributed by atoms with van der Waals surface area (Å²) in [5.41, 5.74) is 0. The molecule has 5 nitrogen and oxygen atoms in total. The highest BCUT2D eigenvalue weighted by Crippen LogP contribution is 2.15. The molecule has 0 radical (unpaired) electrons. The second kappa shape index (κ2) is 10.5. The van der Waals surface area contributed by atoms with Gasteiger partial charge in [-0.3, -0.25) is 8.37 Å². The molecule has 11 heavy (non-hydrogen) atoms. The van der Waals surface area contributed by atoms with Gasteiger partial charge in [-0.05, 0) is 0 Å². The first kappa shape index (κ1) is 11.5. The second-order valence-electron chi connectivity index (χ2n) is 1.30. The van der Waals surface area contributed by atoms with E-state index in [1.165, 1.54) is 0 Å². The summed E-state index contributed by atoms with van der Waals surface area (Å²) in [6.07, 6.45) is 0. The van der Waals surface area contributed by atoms with Gasteiger partial charge in [0, 0.05) is 0 Å². The van der Waals surface area contributed by atoms with Crippen molar-refractivity contribution in [1.82, 2.24) is 0 Å². The standard InChI is InChI=1S/C4H10O5S2/c5-1-3-7-10-9-11-8-4-2-6/h5-6H,1-4H2. The van der Waals surface area contributed by atoms with Gasteiger partial charge in [0.15, 0.2) is 24.6 Å². The molecule has 7 heteroatoms. The van der Waals surface area contributed by atoms with Crippen LogP contribution in [0.3, 0.4) is 0 Å². The Bertz CT molecular complexity index is 65.5. The fourth-order valence-corrected chi connectivity index (χ4v) is 0.883. The molecule has 0 spiro atoms.